The average molecular weight is 335 g/mol. The fourth-order valence-electron chi connectivity index (χ4n) is 3.09. The molecule has 0 amide bonds. The summed E-state index contributed by atoms with van der Waals surface area (Å²) in [5, 5.41) is 0.0763. The van der Waals surface area contributed by atoms with Crippen molar-refractivity contribution in [1.82, 2.24) is 13.9 Å². The molecule has 2 aromatic rings. The minimum Gasteiger partial charge on any atom is -0.370 e. The van der Waals surface area contributed by atoms with Gasteiger partial charge in [-0.05, 0) is 19.4 Å². The van der Waals surface area contributed by atoms with Crippen LogP contribution in [0.2, 0.25) is 0 Å². The molecule has 1 fully saturated rings. The van der Waals surface area contributed by atoms with E-state index in [0.717, 1.165) is 5.56 Å². The zero-order chi connectivity index (χ0) is 16.6. The Morgan fingerprint density at radius 3 is 2.52 bits per heavy atom. The van der Waals surface area contributed by atoms with Crippen molar-refractivity contribution in [2.24, 2.45) is 7.05 Å². The van der Waals surface area contributed by atoms with Crippen molar-refractivity contribution >= 4 is 10.0 Å². The summed E-state index contributed by atoms with van der Waals surface area (Å²) < 4.78 is 35.1. The molecule has 1 aliphatic heterocycles. The Morgan fingerprint density at radius 1 is 1.22 bits per heavy atom. The molecule has 0 N–H and O–H groups in total. The van der Waals surface area contributed by atoms with Crippen molar-refractivity contribution in [2.75, 3.05) is 6.61 Å². The van der Waals surface area contributed by atoms with E-state index in [0.29, 0.717) is 6.61 Å². The molecule has 6 nitrogen and oxygen atoms in total. The monoisotopic (exact) mass is 335 g/mol. The van der Waals surface area contributed by atoms with Crippen LogP contribution in [0.4, 0.5) is 0 Å². The molecule has 1 aromatic carbocycles. The second-order valence-electron chi connectivity index (χ2n) is 5.97. The van der Waals surface area contributed by atoms with Crippen LogP contribution in [0.3, 0.4) is 0 Å². The third kappa shape index (κ3) is 2.91. The van der Waals surface area contributed by atoms with Gasteiger partial charge < -0.3 is 9.30 Å². The van der Waals surface area contributed by atoms with E-state index >= 15 is 0 Å². The first-order chi connectivity index (χ1) is 10.9. The van der Waals surface area contributed by atoms with Gasteiger partial charge in [0.25, 0.3) is 10.0 Å². The Bertz CT molecular complexity index is 773. The number of aromatic nitrogens is 2. The summed E-state index contributed by atoms with van der Waals surface area (Å²) in [5.41, 5.74) is 0.980. The van der Waals surface area contributed by atoms with Crippen LogP contribution in [0.5, 0.6) is 0 Å². The van der Waals surface area contributed by atoms with E-state index in [9.17, 15) is 8.42 Å². The highest BCUT2D eigenvalue weighted by atomic mass is 32.2. The summed E-state index contributed by atoms with van der Waals surface area (Å²) >= 11 is 0. The van der Waals surface area contributed by atoms with Crippen LogP contribution in [0.25, 0.3) is 0 Å². The lowest BCUT2D eigenvalue weighted by Gasteiger charge is -2.42. The zero-order valence-corrected chi connectivity index (χ0v) is 14.3. The number of sulfonamides is 1. The fraction of sp³-hybridized carbons (Fsp3) is 0.438. The maximum Gasteiger partial charge on any atom is 0.262 e. The first-order valence-electron chi connectivity index (χ1n) is 7.59. The Morgan fingerprint density at radius 2 is 1.91 bits per heavy atom. The van der Waals surface area contributed by atoms with Gasteiger partial charge >= 0.3 is 0 Å². The van der Waals surface area contributed by atoms with Gasteiger partial charge in [-0.25, -0.2) is 13.4 Å². The van der Waals surface area contributed by atoms with E-state index in [4.69, 9.17) is 4.74 Å². The molecule has 23 heavy (non-hydrogen) atoms. The molecule has 3 atom stereocenters. The van der Waals surface area contributed by atoms with E-state index in [1.54, 1.807) is 11.6 Å². The van der Waals surface area contributed by atoms with Gasteiger partial charge in [0.2, 0.25) is 0 Å². The van der Waals surface area contributed by atoms with Crippen LogP contribution >= 0.6 is 0 Å². The molecule has 1 aliphatic rings. The Labute approximate surface area is 136 Å². The van der Waals surface area contributed by atoms with Gasteiger partial charge in [-0.1, -0.05) is 30.3 Å². The topological polar surface area (TPSA) is 64.4 Å². The molecule has 7 heteroatoms. The smallest absolute Gasteiger partial charge is 0.262 e. The molecule has 1 aromatic heterocycles. The minimum atomic E-state index is -3.66. The maximum atomic E-state index is 13.0. The summed E-state index contributed by atoms with van der Waals surface area (Å²) in [6.45, 7) is 4.10. The lowest BCUT2D eigenvalue weighted by molar-refractivity contribution is -0.0618. The third-order valence-electron chi connectivity index (χ3n) is 4.14. The highest BCUT2D eigenvalue weighted by Gasteiger charge is 2.42. The SMILES string of the molecule is C[C@@H]1CO[C@@H](c2ccccc2)[C@H](C)N1S(=O)(=O)c1cn(C)cn1. The van der Waals surface area contributed by atoms with Gasteiger partial charge in [-0.2, -0.15) is 4.31 Å². The largest absolute Gasteiger partial charge is 0.370 e. The molecule has 0 aliphatic carbocycles. The normalized spacial score (nSPS) is 26.3. The van der Waals surface area contributed by atoms with Crippen LogP contribution in [-0.2, 0) is 21.8 Å². The number of aryl methyl sites for hydroxylation is 1. The first-order valence-corrected chi connectivity index (χ1v) is 9.03. The molecule has 3 rings (SSSR count). The Hall–Kier alpha value is -1.70. The summed E-state index contributed by atoms with van der Waals surface area (Å²) in [5.74, 6) is 0. The molecule has 0 saturated carbocycles. The lowest BCUT2D eigenvalue weighted by atomic mass is 10.0. The molecule has 2 heterocycles. The number of imidazole rings is 1. The van der Waals surface area contributed by atoms with Gasteiger partial charge in [0.15, 0.2) is 5.03 Å². The van der Waals surface area contributed by atoms with Crippen LogP contribution in [0.15, 0.2) is 47.9 Å². The van der Waals surface area contributed by atoms with E-state index < -0.39 is 10.0 Å². The standard InChI is InChI=1S/C16H21N3O3S/c1-12-10-22-16(14-7-5-4-6-8-14)13(2)19(12)23(20,21)15-9-18(3)11-17-15/h4-9,11-13,16H,10H2,1-3H3/t12-,13+,16-/m1/s1. The summed E-state index contributed by atoms with van der Waals surface area (Å²) in [4.78, 5) is 4.02. The molecule has 0 spiro atoms. The van der Waals surface area contributed by atoms with Gasteiger partial charge in [-0.3, -0.25) is 0 Å². The number of hydrogen-bond acceptors (Lipinski definition) is 4. The van der Waals surface area contributed by atoms with E-state index in [2.05, 4.69) is 4.98 Å². The van der Waals surface area contributed by atoms with Crippen LogP contribution in [0.1, 0.15) is 25.5 Å². The van der Waals surface area contributed by atoms with Crippen molar-refractivity contribution in [3.8, 4) is 0 Å². The van der Waals surface area contributed by atoms with Gasteiger partial charge in [0.05, 0.1) is 25.1 Å². The molecule has 124 valence electrons. The number of benzene rings is 1. The first kappa shape index (κ1) is 16.2. The van der Waals surface area contributed by atoms with Gasteiger partial charge in [0, 0.05) is 19.3 Å². The fourth-order valence-corrected chi connectivity index (χ4v) is 4.87. The predicted molar refractivity (Wildman–Crippen MR) is 86.3 cm³/mol. The van der Waals surface area contributed by atoms with Crippen molar-refractivity contribution in [3.63, 3.8) is 0 Å². The number of morpholine rings is 1. The van der Waals surface area contributed by atoms with Gasteiger partial charge in [0.1, 0.15) is 0 Å². The maximum absolute atomic E-state index is 13.0. The summed E-state index contributed by atoms with van der Waals surface area (Å²) in [7, 11) is -1.90. The van der Waals surface area contributed by atoms with Crippen LogP contribution in [-0.4, -0.2) is 41.0 Å². The minimum absolute atomic E-state index is 0.0763. The van der Waals surface area contributed by atoms with Crippen molar-refractivity contribution < 1.29 is 13.2 Å². The Kier molecular flexibility index (Phi) is 4.27. The number of ether oxygens (including phenoxy) is 1. The molecule has 0 radical (unpaired) electrons. The van der Waals surface area contributed by atoms with Crippen molar-refractivity contribution in [2.45, 2.75) is 37.1 Å². The van der Waals surface area contributed by atoms with Crippen LogP contribution < -0.4 is 0 Å². The number of rotatable bonds is 3. The predicted octanol–water partition coefficient (Wildman–Crippen LogP) is 1.96. The van der Waals surface area contributed by atoms with E-state index in [1.807, 2.05) is 44.2 Å². The number of hydrogen-bond donors (Lipinski definition) is 0. The third-order valence-corrected chi connectivity index (χ3v) is 6.13. The zero-order valence-electron chi connectivity index (χ0n) is 13.5. The molecular formula is C16H21N3O3S. The average Bonchev–Trinajstić information content (AvgIpc) is 2.95. The highest BCUT2D eigenvalue weighted by molar-refractivity contribution is 7.89. The Balaban J connectivity index is 1.97. The molecule has 0 bridgehead atoms. The summed E-state index contributed by atoms with van der Waals surface area (Å²) in [6, 6.07) is 9.17. The van der Waals surface area contributed by atoms with E-state index in [1.165, 1.54) is 16.8 Å². The van der Waals surface area contributed by atoms with Crippen molar-refractivity contribution in [3.05, 3.63) is 48.4 Å². The number of nitrogens with zero attached hydrogens (tertiary/aromatic N) is 3. The second-order valence-corrected chi connectivity index (χ2v) is 7.76. The van der Waals surface area contributed by atoms with Gasteiger partial charge in [-0.15, -0.1) is 0 Å². The van der Waals surface area contributed by atoms with Crippen LogP contribution in [0, 0.1) is 0 Å². The van der Waals surface area contributed by atoms with E-state index in [-0.39, 0.29) is 23.2 Å². The quantitative estimate of drug-likeness (QED) is 0.860. The lowest BCUT2D eigenvalue weighted by Crippen LogP contribution is -2.53. The molecular weight excluding hydrogens is 314 g/mol. The summed E-state index contributed by atoms with van der Waals surface area (Å²) in [6.07, 6.45) is 2.74. The van der Waals surface area contributed by atoms with Crippen molar-refractivity contribution in [1.29, 1.82) is 0 Å². The second kappa shape index (κ2) is 6.07. The molecule has 1 saturated heterocycles. The highest BCUT2D eigenvalue weighted by Crippen LogP contribution is 2.34. The molecule has 0 unspecified atom stereocenters.